The van der Waals surface area contributed by atoms with Crippen LogP contribution in [0.15, 0.2) is 30.5 Å². The van der Waals surface area contributed by atoms with Crippen molar-refractivity contribution in [3.05, 3.63) is 52.0 Å². The standard InChI is InChI=1S/C12H8Cl2FN/c1-7-5-8(6-16-12(7)15)9-3-2-4-10(13)11(9)14/h2-6H,1H3. The van der Waals surface area contributed by atoms with E-state index in [0.29, 0.717) is 15.6 Å². The molecule has 0 aliphatic rings. The Morgan fingerprint density at radius 3 is 2.69 bits per heavy atom. The normalized spacial score (nSPS) is 10.5. The zero-order chi connectivity index (χ0) is 11.7. The van der Waals surface area contributed by atoms with Gasteiger partial charge in [0.15, 0.2) is 0 Å². The highest BCUT2D eigenvalue weighted by molar-refractivity contribution is 6.43. The topological polar surface area (TPSA) is 12.9 Å². The molecule has 1 aromatic carbocycles. The van der Waals surface area contributed by atoms with Gasteiger partial charge >= 0.3 is 0 Å². The molecule has 16 heavy (non-hydrogen) atoms. The summed E-state index contributed by atoms with van der Waals surface area (Å²) < 4.78 is 13.0. The molecule has 0 saturated heterocycles. The van der Waals surface area contributed by atoms with Gasteiger partial charge in [0.1, 0.15) is 0 Å². The maximum absolute atomic E-state index is 13.0. The zero-order valence-electron chi connectivity index (χ0n) is 8.47. The molecular weight excluding hydrogens is 248 g/mol. The molecule has 0 bridgehead atoms. The number of benzene rings is 1. The van der Waals surface area contributed by atoms with Crippen LogP contribution in [-0.4, -0.2) is 4.98 Å². The Morgan fingerprint density at radius 1 is 1.25 bits per heavy atom. The number of aryl methyl sites for hydroxylation is 1. The van der Waals surface area contributed by atoms with Crippen molar-refractivity contribution in [1.82, 2.24) is 4.98 Å². The van der Waals surface area contributed by atoms with E-state index in [0.717, 1.165) is 11.1 Å². The number of aromatic nitrogens is 1. The van der Waals surface area contributed by atoms with Crippen molar-refractivity contribution in [2.24, 2.45) is 0 Å². The van der Waals surface area contributed by atoms with Gasteiger partial charge in [0.2, 0.25) is 5.95 Å². The summed E-state index contributed by atoms with van der Waals surface area (Å²) in [5.41, 5.74) is 1.99. The van der Waals surface area contributed by atoms with E-state index in [-0.39, 0.29) is 0 Å². The SMILES string of the molecule is Cc1cc(-c2cccc(Cl)c2Cl)cnc1F. The van der Waals surface area contributed by atoms with E-state index in [1.165, 1.54) is 6.20 Å². The van der Waals surface area contributed by atoms with Gasteiger partial charge in [-0.1, -0.05) is 35.3 Å². The van der Waals surface area contributed by atoms with E-state index in [2.05, 4.69) is 4.98 Å². The van der Waals surface area contributed by atoms with Gasteiger partial charge in [-0.25, -0.2) is 4.98 Å². The molecular formula is C12H8Cl2FN. The maximum atomic E-state index is 13.0. The van der Waals surface area contributed by atoms with Crippen LogP contribution in [0.1, 0.15) is 5.56 Å². The van der Waals surface area contributed by atoms with Gasteiger partial charge in [-0.15, -0.1) is 0 Å². The quantitative estimate of drug-likeness (QED) is 0.684. The Morgan fingerprint density at radius 2 is 2.00 bits per heavy atom. The number of hydrogen-bond acceptors (Lipinski definition) is 1. The Bertz CT molecular complexity index is 541. The summed E-state index contributed by atoms with van der Waals surface area (Å²) in [5, 5.41) is 0.929. The van der Waals surface area contributed by atoms with E-state index < -0.39 is 5.95 Å². The highest BCUT2D eigenvalue weighted by Crippen LogP contribution is 2.33. The lowest BCUT2D eigenvalue weighted by Crippen LogP contribution is -1.90. The van der Waals surface area contributed by atoms with E-state index in [1.807, 2.05) is 6.07 Å². The minimum atomic E-state index is -0.470. The third kappa shape index (κ3) is 2.04. The van der Waals surface area contributed by atoms with Crippen molar-refractivity contribution in [2.75, 3.05) is 0 Å². The van der Waals surface area contributed by atoms with Crippen LogP contribution in [0.5, 0.6) is 0 Å². The van der Waals surface area contributed by atoms with Gasteiger partial charge in [0.25, 0.3) is 0 Å². The minimum absolute atomic E-state index is 0.456. The molecule has 82 valence electrons. The Balaban J connectivity index is 2.59. The monoisotopic (exact) mass is 255 g/mol. The van der Waals surface area contributed by atoms with Gasteiger partial charge in [-0.05, 0) is 19.1 Å². The Labute approximate surface area is 103 Å². The van der Waals surface area contributed by atoms with Crippen LogP contribution in [0.25, 0.3) is 11.1 Å². The lowest BCUT2D eigenvalue weighted by Gasteiger charge is -2.06. The van der Waals surface area contributed by atoms with Crippen molar-refractivity contribution in [3.63, 3.8) is 0 Å². The number of nitrogens with zero attached hydrogens (tertiary/aromatic N) is 1. The van der Waals surface area contributed by atoms with E-state index >= 15 is 0 Å². The lowest BCUT2D eigenvalue weighted by atomic mass is 10.1. The fourth-order valence-corrected chi connectivity index (χ4v) is 1.84. The highest BCUT2D eigenvalue weighted by Gasteiger charge is 2.08. The molecule has 0 aliphatic carbocycles. The molecule has 0 radical (unpaired) electrons. The van der Waals surface area contributed by atoms with Gasteiger partial charge in [0, 0.05) is 22.9 Å². The summed E-state index contributed by atoms with van der Waals surface area (Å²) in [6.07, 6.45) is 1.44. The Kier molecular flexibility index (Phi) is 3.13. The summed E-state index contributed by atoms with van der Waals surface area (Å²) >= 11 is 12.0. The van der Waals surface area contributed by atoms with Gasteiger partial charge in [-0.3, -0.25) is 0 Å². The molecule has 4 heteroatoms. The van der Waals surface area contributed by atoms with Gasteiger partial charge in [-0.2, -0.15) is 4.39 Å². The molecule has 2 aromatic rings. The summed E-state index contributed by atoms with van der Waals surface area (Å²) in [5.74, 6) is -0.470. The number of rotatable bonds is 1. The first-order chi connectivity index (χ1) is 7.59. The average Bonchev–Trinajstić information content (AvgIpc) is 2.26. The van der Waals surface area contributed by atoms with Crippen molar-refractivity contribution in [1.29, 1.82) is 0 Å². The van der Waals surface area contributed by atoms with E-state index in [4.69, 9.17) is 23.2 Å². The third-order valence-electron chi connectivity index (χ3n) is 2.28. The minimum Gasteiger partial charge on any atom is -0.227 e. The first-order valence-electron chi connectivity index (χ1n) is 4.66. The van der Waals surface area contributed by atoms with Gasteiger partial charge < -0.3 is 0 Å². The summed E-state index contributed by atoms with van der Waals surface area (Å²) in [7, 11) is 0. The van der Waals surface area contributed by atoms with Crippen molar-refractivity contribution >= 4 is 23.2 Å². The summed E-state index contributed by atoms with van der Waals surface area (Å²) in [6, 6.07) is 7.02. The van der Waals surface area contributed by atoms with Crippen LogP contribution in [0.3, 0.4) is 0 Å². The molecule has 0 aliphatic heterocycles. The highest BCUT2D eigenvalue weighted by atomic mass is 35.5. The molecule has 0 atom stereocenters. The van der Waals surface area contributed by atoms with Crippen molar-refractivity contribution in [3.8, 4) is 11.1 Å². The van der Waals surface area contributed by atoms with Crippen LogP contribution < -0.4 is 0 Å². The zero-order valence-corrected chi connectivity index (χ0v) is 9.98. The molecule has 1 aromatic heterocycles. The second kappa shape index (κ2) is 4.40. The molecule has 1 nitrogen and oxygen atoms in total. The first kappa shape index (κ1) is 11.4. The predicted octanol–water partition coefficient (Wildman–Crippen LogP) is 4.50. The van der Waals surface area contributed by atoms with E-state index in [9.17, 15) is 4.39 Å². The average molecular weight is 256 g/mol. The molecule has 0 amide bonds. The second-order valence-corrected chi connectivity index (χ2v) is 4.22. The van der Waals surface area contributed by atoms with Crippen molar-refractivity contribution in [2.45, 2.75) is 6.92 Å². The predicted molar refractivity (Wildman–Crippen MR) is 64.4 cm³/mol. The van der Waals surface area contributed by atoms with Gasteiger partial charge in [0.05, 0.1) is 10.0 Å². The maximum Gasteiger partial charge on any atom is 0.215 e. The third-order valence-corrected chi connectivity index (χ3v) is 3.10. The molecule has 0 saturated carbocycles. The van der Waals surface area contributed by atoms with Crippen molar-refractivity contribution < 1.29 is 4.39 Å². The van der Waals surface area contributed by atoms with E-state index in [1.54, 1.807) is 25.1 Å². The largest absolute Gasteiger partial charge is 0.227 e. The van der Waals surface area contributed by atoms with Crippen LogP contribution in [-0.2, 0) is 0 Å². The lowest BCUT2D eigenvalue weighted by molar-refractivity contribution is 0.575. The molecule has 0 fully saturated rings. The van der Waals surface area contributed by atoms with Crippen LogP contribution in [0, 0.1) is 12.9 Å². The second-order valence-electron chi connectivity index (χ2n) is 3.43. The number of hydrogen-bond donors (Lipinski definition) is 0. The summed E-state index contributed by atoms with van der Waals surface area (Å²) in [4.78, 5) is 3.66. The van der Waals surface area contributed by atoms with Crippen LogP contribution in [0.2, 0.25) is 10.0 Å². The molecule has 0 spiro atoms. The fourth-order valence-electron chi connectivity index (χ4n) is 1.43. The number of pyridine rings is 1. The fraction of sp³-hybridized carbons (Fsp3) is 0.0833. The molecule has 0 N–H and O–H groups in total. The molecule has 1 heterocycles. The van der Waals surface area contributed by atoms with Crippen LogP contribution >= 0.6 is 23.2 Å². The number of halogens is 3. The molecule has 0 unspecified atom stereocenters. The summed E-state index contributed by atoms with van der Waals surface area (Å²) in [6.45, 7) is 1.66. The van der Waals surface area contributed by atoms with Crippen LogP contribution in [0.4, 0.5) is 4.39 Å². The Hall–Kier alpha value is -1.12. The first-order valence-corrected chi connectivity index (χ1v) is 5.41. The molecule has 2 rings (SSSR count). The smallest absolute Gasteiger partial charge is 0.215 e.